The fourth-order valence-corrected chi connectivity index (χ4v) is 3.98. The fourth-order valence-electron chi connectivity index (χ4n) is 2.55. The molecule has 0 spiro atoms. The largest absolute Gasteiger partial charge is 0.411 e. The number of hydrogen-bond acceptors (Lipinski definition) is 9. The molecular formula is C18H21F3N4O5S2. The third-order valence-electron chi connectivity index (χ3n) is 4.10. The molecule has 2 aromatic rings. The molecule has 9 nitrogen and oxygen atoms in total. The Balaban J connectivity index is 2.01. The average Bonchev–Trinajstić information content (AvgIpc) is 3.18. The van der Waals surface area contributed by atoms with Crippen molar-refractivity contribution in [2.24, 2.45) is 5.16 Å². The lowest BCUT2D eigenvalue weighted by atomic mass is 10.0. The van der Waals surface area contributed by atoms with Gasteiger partial charge in [0.25, 0.3) is 6.43 Å². The molecule has 0 aliphatic carbocycles. The summed E-state index contributed by atoms with van der Waals surface area (Å²) in [7, 11) is -3.25. The summed E-state index contributed by atoms with van der Waals surface area (Å²) in [5.74, 6) is -1.43. The van der Waals surface area contributed by atoms with Crippen LogP contribution in [0.4, 0.5) is 13.2 Å². The Kier molecular flexibility index (Phi) is 9.07. The summed E-state index contributed by atoms with van der Waals surface area (Å²) in [4.78, 5) is 11.8. The number of thioether (sulfide) groups is 1. The lowest BCUT2D eigenvalue weighted by Crippen LogP contribution is -2.35. The first-order valence-electron chi connectivity index (χ1n) is 9.20. The van der Waals surface area contributed by atoms with Crippen molar-refractivity contribution in [3.8, 4) is 0 Å². The van der Waals surface area contributed by atoms with Gasteiger partial charge in [0.1, 0.15) is 21.4 Å². The molecule has 2 N–H and O–H groups in total. The van der Waals surface area contributed by atoms with E-state index in [1.807, 2.05) is 0 Å². The quantitative estimate of drug-likeness (QED) is 0.211. The molecule has 0 aliphatic heterocycles. The van der Waals surface area contributed by atoms with Crippen molar-refractivity contribution >= 4 is 33.2 Å². The van der Waals surface area contributed by atoms with Crippen LogP contribution in [0.15, 0.2) is 33.0 Å². The first kappa shape index (κ1) is 25.6. The number of halogens is 3. The summed E-state index contributed by atoms with van der Waals surface area (Å²) >= 11 is 1.12. The molecule has 1 heterocycles. The van der Waals surface area contributed by atoms with E-state index in [1.54, 1.807) is 6.92 Å². The summed E-state index contributed by atoms with van der Waals surface area (Å²) in [5, 5.41) is 22.8. The summed E-state index contributed by atoms with van der Waals surface area (Å²) in [5.41, 5.74) is -0.477. The molecule has 0 unspecified atom stereocenters. The number of carbonyl (C=O) groups excluding carboxylic acids is 1. The highest BCUT2D eigenvalue weighted by atomic mass is 32.2. The van der Waals surface area contributed by atoms with Crippen LogP contribution < -0.4 is 5.32 Å². The van der Waals surface area contributed by atoms with Gasteiger partial charge in [-0.3, -0.25) is 4.79 Å². The third-order valence-corrected chi connectivity index (χ3v) is 6.25. The van der Waals surface area contributed by atoms with E-state index < -0.39 is 33.6 Å². The SMILES string of the molecule is C[C@@H](CSc1nonc1C(Cc1ccc(F)c(C(F)F)c1)=NO)NC(=O)CCS(C)(=O)=O. The second-order valence-corrected chi connectivity index (χ2v) is 10.2. The number of hydrogen-bond donors (Lipinski definition) is 2. The van der Waals surface area contributed by atoms with E-state index in [0.29, 0.717) is 5.75 Å². The lowest BCUT2D eigenvalue weighted by molar-refractivity contribution is -0.121. The van der Waals surface area contributed by atoms with Crippen molar-refractivity contribution in [1.29, 1.82) is 0 Å². The summed E-state index contributed by atoms with van der Waals surface area (Å²) < 4.78 is 66.3. The van der Waals surface area contributed by atoms with E-state index in [-0.39, 0.29) is 46.6 Å². The zero-order chi connectivity index (χ0) is 23.9. The van der Waals surface area contributed by atoms with Gasteiger partial charge in [-0.2, -0.15) is 0 Å². The third kappa shape index (κ3) is 7.82. The van der Waals surface area contributed by atoms with Gasteiger partial charge in [-0.15, -0.1) is 0 Å². The maximum atomic E-state index is 13.5. The molecule has 32 heavy (non-hydrogen) atoms. The van der Waals surface area contributed by atoms with Gasteiger partial charge >= 0.3 is 0 Å². The van der Waals surface area contributed by atoms with Crippen LogP contribution in [0.5, 0.6) is 0 Å². The number of aromatic nitrogens is 2. The lowest BCUT2D eigenvalue weighted by Gasteiger charge is -2.12. The van der Waals surface area contributed by atoms with Gasteiger partial charge in [0.05, 0.1) is 11.3 Å². The Morgan fingerprint density at radius 1 is 1.34 bits per heavy atom. The van der Waals surface area contributed by atoms with Gasteiger partial charge in [-0.05, 0) is 34.9 Å². The van der Waals surface area contributed by atoms with Crippen molar-refractivity contribution in [2.45, 2.75) is 37.3 Å². The molecule has 0 bridgehead atoms. The normalized spacial score (nSPS) is 13.4. The highest BCUT2D eigenvalue weighted by molar-refractivity contribution is 7.99. The molecule has 14 heteroatoms. The number of benzene rings is 1. The van der Waals surface area contributed by atoms with E-state index in [2.05, 4.69) is 25.4 Å². The Bertz CT molecular complexity index is 1080. The molecule has 0 saturated heterocycles. The first-order valence-corrected chi connectivity index (χ1v) is 12.2. The second kappa shape index (κ2) is 11.3. The Hall–Kier alpha value is -2.61. The van der Waals surface area contributed by atoms with Crippen molar-refractivity contribution in [3.05, 3.63) is 40.8 Å². The Morgan fingerprint density at radius 3 is 2.69 bits per heavy atom. The molecule has 1 aromatic heterocycles. The topological polar surface area (TPSA) is 135 Å². The molecule has 1 amide bonds. The average molecular weight is 495 g/mol. The molecular weight excluding hydrogens is 473 g/mol. The molecule has 1 aromatic carbocycles. The van der Waals surface area contributed by atoms with Crippen LogP contribution >= 0.6 is 11.8 Å². The fraction of sp³-hybridized carbons (Fsp3) is 0.444. The van der Waals surface area contributed by atoms with Crippen LogP contribution in [0.25, 0.3) is 0 Å². The van der Waals surface area contributed by atoms with Gasteiger partial charge in [-0.25, -0.2) is 26.2 Å². The van der Waals surface area contributed by atoms with E-state index >= 15 is 0 Å². The monoisotopic (exact) mass is 494 g/mol. The van der Waals surface area contributed by atoms with Gasteiger partial charge in [0.2, 0.25) is 5.91 Å². The highest BCUT2D eigenvalue weighted by Crippen LogP contribution is 2.25. The zero-order valence-electron chi connectivity index (χ0n) is 17.1. The molecule has 0 fully saturated rings. The van der Waals surface area contributed by atoms with Crippen LogP contribution in [0.1, 0.15) is 36.6 Å². The van der Waals surface area contributed by atoms with Crippen molar-refractivity contribution in [2.75, 3.05) is 17.8 Å². The van der Waals surface area contributed by atoms with Gasteiger partial charge in [-0.1, -0.05) is 23.0 Å². The van der Waals surface area contributed by atoms with E-state index in [4.69, 9.17) is 0 Å². The standard InChI is InChI=1S/C18H21F3N4O5S2/c1-10(22-15(26)5-6-32(2,28)29)9-31-18-16(24-30-25-18)14(23-27)8-11-3-4-13(19)12(7-11)17(20)21/h3-4,7,10,17,27H,5-6,8-9H2,1-2H3,(H,22,26)/t10-/m0/s1. The molecule has 0 saturated carbocycles. The number of sulfone groups is 1. The Labute approximate surface area is 186 Å². The predicted molar refractivity (Wildman–Crippen MR) is 110 cm³/mol. The van der Waals surface area contributed by atoms with Gasteiger partial charge in [0.15, 0.2) is 10.7 Å². The maximum absolute atomic E-state index is 13.5. The highest BCUT2D eigenvalue weighted by Gasteiger charge is 2.21. The number of carbonyl (C=O) groups is 1. The van der Waals surface area contributed by atoms with Gasteiger partial charge < -0.3 is 10.5 Å². The maximum Gasteiger partial charge on any atom is 0.266 e. The summed E-state index contributed by atoms with van der Waals surface area (Å²) in [6.45, 7) is 1.70. The Morgan fingerprint density at radius 2 is 2.06 bits per heavy atom. The minimum absolute atomic E-state index is 0.0367. The zero-order valence-corrected chi connectivity index (χ0v) is 18.7. The van der Waals surface area contributed by atoms with E-state index in [1.165, 1.54) is 6.07 Å². The first-order chi connectivity index (χ1) is 15.0. The number of alkyl halides is 2. The summed E-state index contributed by atoms with van der Waals surface area (Å²) in [6.07, 6.45) is -2.27. The number of rotatable bonds is 11. The van der Waals surface area contributed by atoms with Crippen LogP contribution in [-0.4, -0.2) is 59.4 Å². The van der Waals surface area contributed by atoms with Crippen molar-refractivity contribution < 1.29 is 36.2 Å². The van der Waals surface area contributed by atoms with Crippen LogP contribution in [0.3, 0.4) is 0 Å². The molecule has 176 valence electrons. The van der Waals surface area contributed by atoms with Gasteiger partial charge in [0, 0.05) is 30.9 Å². The number of nitrogens with zero attached hydrogens (tertiary/aromatic N) is 3. The van der Waals surface area contributed by atoms with Crippen LogP contribution in [-0.2, 0) is 21.1 Å². The molecule has 0 aliphatic rings. The minimum atomic E-state index is -3.25. The smallest absolute Gasteiger partial charge is 0.266 e. The number of oxime groups is 1. The molecule has 0 radical (unpaired) electrons. The minimum Gasteiger partial charge on any atom is -0.411 e. The van der Waals surface area contributed by atoms with Crippen molar-refractivity contribution in [1.82, 2.24) is 15.6 Å². The summed E-state index contributed by atoms with van der Waals surface area (Å²) in [6, 6.07) is 2.79. The van der Waals surface area contributed by atoms with Crippen molar-refractivity contribution in [3.63, 3.8) is 0 Å². The molecule has 2 rings (SSSR count). The second-order valence-electron chi connectivity index (χ2n) is 6.96. The number of amides is 1. The molecule has 1 atom stereocenters. The van der Waals surface area contributed by atoms with E-state index in [0.717, 1.165) is 30.2 Å². The van der Waals surface area contributed by atoms with Crippen LogP contribution in [0.2, 0.25) is 0 Å². The predicted octanol–water partition coefficient (Wildman–Crippen LogP) is 2.60. The van der Waals surface area contributed by atoms with Crippen LogP contribution in [0, 0.1) is 5.82 Å². The van der Waals surface area contributed by atoms with E-state index in [9.17, 15) is 31.6 Å². The number of nitrogens with one attached hydrogen (secondary N) is 1.